The summed E-state index contributed by atoms with van der Waals surface area (Å²) in [5.74, 6) is -0.254. The molecule has 1 aromatic rings. The first-order valence-corrected chi connectivity index (χ1v) is 12.2. The van der Waals surface area contributed by atoms with E-state index in [-0.39, 0.29) is 19.1 Å². The Balaban J connectivity index is 1.59. The lowest BCUT2D eigenvalue weighted by Crippen LogP contribution is -2.58. The van der Waals surface area contributed by atoms with Gasteiger partial charge in [-0.1, -0.05) is 69.9 Å². The van der Waals surface area contributed by atoms with Crippen LogP contribution in [0.2, 0.25) is 0 Å². The predicted molar refractivity (Wildman–Crippen MR) is 120 cm³/mol. The lowest BCUT2D eigenvalue weighted by molar-refractivity contribution is -0.292. The van der Waals surface area contributed by atoms with Gasteiger partial charge in [-0.05, 0) is 6.42 Å². The van der Waals surface area contributed by atoms with Crippen molar-refractivity contribution in [2.24, 2.45) is 0 Å². The molecule has 1 fully saturated rings. The van der Waals surface area contributed by atoms with Gasteiger partial charge in [0.2, 0.25) is 0 Å². The number of hydrogen-bond acceptors (Lipinski definition) is 9. The molecule has 1 aliphatic rings. The molecule has 0 spiro atoms. The number of nitrogens with zero attached hydrogens (tertiary/aromatic N) is 3. The van der Waals surface area contributed by atoms with Crippen LogP contribution in [-0.2, 0) is 32.2 Å². The summed E-state index contributed by atoms with van der Waals surface area (Å²) in [5.41, 5.74) is 0.473. The molecular weight excluding hydrogens is 430 g/mol. The van der Waals surface area contributed by atoms with Gasteiger partial charge >= 0.3 is 5.97 Å². The van der Waals surface area contributed by atoms with E-state index in [1.807, 2.05) is 0 Å². The van der Waals surface area contributed by atoms with Crippen LogP contribution in [0.4, 0.5) is 0 Å². The van der Waals surface area contributed by atoms with Crippen LogP contribution >= 0.6 is 0 Å². The van der Waals surface area contributed by atoms with Gasteiger partial charge in [0, 0.05) is 13.5 Å². The molecule has 0 radical (unpaired) electrons. The van der Waals surface area contributed by atoms with Crippen molar-refractivity contribution in [3.8, 4) is 0 Å². The van der Waals surface area contributed by atoms with Crippen LogP contribution in [0.15, 0.2) is 6.20 Å². The molecule has 2 heterocycles. The fourth-order valence-corrected chi connectivity index (χ4v) is 3.92. The third kappa shape index (κ3) is 9.66. The Morgan fingerprint density at radius 2 is 1.64 bits per heavy atom. The summed E-state index contributed by atoms with van der Waals surface area (Å²) in [7, 11) is 1.34. The Kier molecular flexibility index (Phi) is 12.9. The number of aromatic nitrogens is 3. The number of hydrogen-bond donors (Lipinski definition) is 3. The third-order valence-electron chi connectivity index (χ3n) is 5.97. The fraction of sp³-hybridized carbons (Fsp3) is 0.870. The van der Waals surface area contributed by atoms with Gasteiger partial charge in [-0.2, -0.15) is 0 Å². The second-order valence-corrected chi connectivity index (χ2v) is 8.77. The van der Waals surface area contributed by atoms with Gasteiger partial charge < -0.3 is 29.5 Å². The van der Waals surface area contributed by atoms with Crippen LogP contribution in [0, 0.1) is 0 Å². The lowest BCUT2D eigenvalue weighted by atomic mass is 9.99. The quantitative estimate of drug-likeness (QED) is 0.244. The summed E-state index contributed by atoms with van der Waals surface area (Å²) >= 11 is 0. The number of ether oxygens (including phenoxy) is 3. The van der Waals surface area contributed by atoms with E-state index in [9.17, 15) is 20.1 Å². The highest BCUT2D eigenvalue weighted by Gasteiger charge is 2.44. The molecular formula is C23H41N3O7. The molecule has 2 rings (SSSR count). The summed E-state index contributed by atoms with van der Waals surface area (Å²) in [4.78, 5) is 12.0. The van der Waals surface area contributed by atoms with Gasteiger partial charge in [0.05, 0.1) is 12.7 Å². The Hall–Kier alpha value is -1.59. The molecule has 10 heteroatoms. The number of unbranched alkanes of at least 4 members (excludes halogenated alkanes) is 9. The molecule has 0 aromatic carbocycles. The highest BCUT2D eigenvalue weighted by atomic mass is 16.7. The minimum atomic E-state index is -1.40. The van der Waals surface area contributed by atoms with E-state index >= 15 is 0 Å². The summed E-state index contributed by atoms with van der Waals surface area (Å²) in [6, 6.07) is 0. The molecule has 190 valence electrons. The van der Waals surface area contributed by atoms with Gasteiger partial charge in [-0.15, -0.1) is 5.10 Å². The van der Waals surface area contributed by atoms with Gasteiger partial charge in [0.1, 0.15) is 36.7 Å². The van der Waals surface area contributed by atoms with Gasteiger partial charge in [-0.25, -0.2) is 4.68 Å². The molecule has 0 aliphatic carbocycles. The van der Waals surface area contributed by atoms with Gasteiger partial charge in [0.15, 0.2) is 6.29 Å². The SMILES string of the molecule is CCCCCCCCCCCCC(=O)OCc1cn(C[C@H]2O[C@H](OC)[C@H](O)[C@@H](O)[C@H]2O)nn1. The van der Waals surface area contributed by atoms with Gasteiger partial charge in [-0.3, -0.25) is 4.79 Å². The number of esters is 1. The van der Waals surface area contributed by atoms with E-state index in [1.165, 1.54) is 56.7 Å². The Bertz CT molecular complexity index is 670. The van der Waals surface area contributed by atoms with Gasteiger partial charge in [0.25, 0.3) is 0 Å². The van der Waals surface area contributed by atoms with E-state index in [2.05, 4.69) is 17.2 Å². The van der Waals surface area contributed by atoms with E-state index in [4.69, 9.17) is 14.2 Å². The zero-order valence-corrected chi connectivity index (χ0v) is 20.0. The van der Waals surface area contributed by atoms with Crippen molar-refractivity contribution in [1.29, 1.82) is 0 Å². The van der Waals surface area contributed by atoms with Crippen molar-refractivity contribution < 1.29 is 34.3 Å². The second kappa shape index (κ2) is 15.3. The zero-order valence-electron chi connectivity index (χ0n) is 20.0. The number of rotatable bonds is 16. The minimum absolute atomic E-state index is 0.0205. The Labute approximate surface area is 196 Å². The predicted octanol–water partition coefficient (Wildman–Crippen LogP) is 2.09. The standard InChI is InChI=1S/C23H41N3O7/c1-3-4-5-6-7-8-9-10-11-12-13-19(27)32-16-17-14-26(25-24-17)15-18-20(28)21(29)22(30)23(31-2)33-18/h14,18,20-23,28-30H,3-13,15-16H2,1-2H3/t18-,20+,21+,22-,23+/m1/s1. The van der Waals surface area contributed by atoms with Crippen molar-refractivity contribution in [2.45, 2.75) is 121 Å². The summed E-state index contributed by atoms with van der Waals surface area (Å²) in [6.45, 7) is 2.34. The smallest absolute Gasteiger partial charge is 0.306 e. The van der Waals surface area contributed by atoms with Crippen molar-refractivity contribution in [1.82, 2.24) is 15.0 Å². The molecule has 0 saturated carbocycles. The first kappa shape index (κ1) is 27.7. The zero-order chi connectivity index (χ0) is 24.1. The van der Waals surface area contributed by atoms with Crippen LogP contribution in [0.5, 0.6) is 0 Å². The average molecular weight is 472 g/mol. The number of aliphatic hydroxyl groups excluding tert-OH is 3. The fourth-order valence-electron chi connectivity index (χ4n) is 3.92. The molecule has 0 amide bonds. The highest BCUT2D eigenvalue weighted by Crippen LogP contribution is 2.22. The topological polar surface area (TPSA) is 136 Å². The van der Waals surface area contributed by atoms with Crippen LogP contribution in [-0.4, -0.2) is 74.1 Å². The molecule has 1 aliphatic heterocycles. The van der Waals surface area contributed by atoms with E-state index < -0.39 is 30.7 Å². The van der Waals surface area contributed by atoms with Crippen molar-refractivity contribution in [3.63, 3.8) is 0 Å². The maximum atomic E-state index is 12.0. The van der Waals surface area contributed by atoms with E-state index in [0.717, 1.165) is 19.3 Å². The number of methoxy groups -OCH3 is 1. The molecule has 10 nitrogen and oxygen atoms in total. The van der Waals surface area contributed by atoms with Crippen LogP contribution < -0.4 is 0 Å². The summed E-state index contributed by atoms with van der Waals surface area (Å²) < 4.78 is 17.2. The molecule has 3 N–H and O–H groups in total. The summed E-state index contributed by atoms with van der Waals surface area (Å²) in [5, 5.41) is 37.8. The van der Waals surface area contributed by atoms with E-state index in [1.54, 1.807) is 6.20 Å². The first-order valence-electron chi connectivity index (χ1n) is 12.2. The highest BCUT2D eigenvalue weighted by molar-refractivity contribution is 5.69. The third-order valence-corrected chi connectivity index (χ3v) is 5.97. The maximum absolute atomic E-state index is 12.0. The molecule has 33 heavy (non-hydrogen) atoms. The molecule has 0 bridgehead atoms. The Morgan fingerprint density at radius 1 is 1.00 bits per heavy atom. The van der Waals surface area contributed by atoms with Crippen LogP contribution in [0.3, 0.4) is 0 Å². The number of carbonyl (C=O) groups is 1. The second-order valence-electron chi connectivity index (χ2n) is 8.77. The molecule has 1 saturated heterocycles. The lowest BCUT2D eigenvalue weighted by Gasteiger charge is -2.39. The molecule has 0 unspecified atom stereocenters. The monoisotopic (exact) mass is 471 g/mol. The molecule has 1 aromatic heterocycles. The van der Waals surface area contributed by atoms with Crippen LogP contribution in [0.25, 0.3) is 0 Å². The normalized spacial score (nSPS) is 25.3. The Morgan fingerprint density at radius 3 is 2.27 bits per heavy atom. The molecule has 5 atom stereocenters. The number of carbonyl (C=O) groups excluding carboxylic acids is 1. The average Bonchev–Trinajstić information content (AvgIpc) is 3.26. The van der Waals surface area contributed by atoms with E-state index in [0.29, 0.717) is 12.1 Å². The van der Waals surface area contributed by atoms with Crippen LogP contribution in [0.1, 0.15) is 83.2 Å². The minimum Gasteiger partial charge on any atom is -0.459 e. The van der Waals surface area contributed by atoms with Crippen molar-refractivity contribution in [2.75, 3.05) is 7.11 Å². The first-order chi connectivity index (χ1) is 16.0. The van der Waals surface area contributed by atoms with Crippen molar-refractivity contribution >= 4 is 5.97 Å². The van der Waals surface area contributed by atoms with Crippen molar-refractivity contribution in [3.05, 3.63) is 11.9 Å². The summed E-state index contributed by atoms with van der Waals surface area (Å²) in [6.07, 6.45) is 8.14. The number of aliphatic hydroxyl groups is 3. The largest absolute Gasteiger partial charge is 0.459 e. The maximum Gasteiger partial charge on any atom is 0.306 e.